The summed E-state index contributed by atoms with van der Waals surface area (Å²) in [6.07, 6.45) is 0. The number of hydrogen-bond acceptors (Lipinski definition) is 6. The highest BCUT2D eigenvalue weighted by Gasteiger charge is 2.33. The van der Waals surface area contributed by atoms with Gasteiger partial charge < -0.3 is 23.7 Å². The van der Waals surface area contributed by atoms with Crippen LogP contribution in [0.15, 0.2) is 65.5 Å². The molecule has 6 rings (SSSR count). The van der Waals surface area contributed by atoms with E-state index in [1.54, 1.807) is 22.8 Å². The molecule has 0 spiro atoms. The number of carbonyl (C=O) groups is 1. The monoisotopic (exact) mass is 481 g/mol. The van der Waals surface area contributed by atoms with Crippen LogP contribution < -0.4 is 15.0 Å². The fourth-order valence-electron chi connectivity index (χ4n) is 5.29. The number of pyridine rings is 1. The molecule has 0 bridgehead atoms. The van der Waals surface area contributed by atoms with Crippen LogP contribution in [-0.2, 0) is 19.7 Å². The van der Waals surface area contributed by atoms with E-state index in [4.69, 9.17) is 9.47 Å². The number of benzene rings is 3. The van der Waals surface area contributed by atoms with Crippen LogP contribution in [0.25, 0.3) is 33.1 Å². The van der Waals surface area contributed by atoms with Crippen LogP contribution in [0, 0.1) is 0 Å². The molecule has 2 heterocycles. The van der Waals surface area contributed by atoms with Gasteiger partial charge in [-0.1, -0.05) is 36.4 Å². The van der Waals surface area contributed by atoms with Crippen molar-refractivity contribution >= 4 is 27.6 Å². The summed E-state index contributed by atoms with van der Waals surface area (Å²) < 4.78 is 14.6. The molecule has 0 fully saturated rings. The molecule has 0 unspecified atom stereocenters. The first kappa shape index (κ1) is 22.1. The van der Waals surface area contributed by atoms with E-state index in [-0.39, 0.29) is 24.5 Å². The molecule has 1 aliphatic carbocycles. The number of hydrogen-bond donors (Lipinski definition) is 1. The van der Waals surface area contributed by atoms with Gasteiger partial charge in [0.25, 0.3) is 5.56 Å². The molecule has 5 aromatic rings. The molecule has 1 aliphatic rings. The number of aromatic nitrogens is 3. The van der Waals surface area contributed by atoms with Crippen LogP contribution in [-0.4, -0.2) is 39.2 Å². The van der Waals surface area contributed by atoms with Gasteiger partial charge in [-0.3, -0.25) is 9.59 Å². The van der Waals surface area contributed by atoms with Gasteiger partial charge in [-0.2, -0.15) is 0 Å². The van der Waals surface area contributed by atoms with Crippen LogP contribution in [0.5, 0.6) is 11.5 Å². The number of ether oxygens (including phenoxy) is 2. The number of aliphatic hydroxyl groups excluding tert-OH is 1. The third kappa shape index (κ3) is 3.01. The molecule has 1 N–H and O–H groups in total. The lowest BCUT2D eigenvalue weighted by Gasteiger charge is -2.18. The molecular formula is C28H23N3O5. The van der Waals surface area contributed by atoms with E-state index < -0.39 is 0 Å². The summed E-state index contributed by atoms with van der Waals surface area (Å²) in [6.45, 7) is 0.398. The van der Waals surface area contributed by atoms with Gasteiger partial charge in [0.1, 0.15) is 12.4 Å². The first-order valence-corrected chi connectivity index (χ1v) is 11.6. The molecule has 180 valence electrons. The van der Waals surface area contributed by atoms with Crippen molar-refractivity contribution in [1.29, 1.82) is 0 Å². The maximum Gasteiger partial charge on any atom is 0.262 e. The largest absolute Gasteiger partial charge is 0.493 e. The number of imidazole rings is 1. The summed E-state index contributed by atoms with van der Waals surface area (Å²) in [4.78, 5) is 32.2. The molecule has 0 saturated carbocycles. The number of ketones is 1. The molecule has 0 amide bonds. The zero-order valence-corrected chi connectivity index (χ0v) is 19.8. The molecule has 8 heteroatoms. The lowest BCUT2D eigenvalue weighted by atomic mass is 10.0. The van der Waals surface area contributed by atoms with Crippen LogP contribution in [0.4, 0.5) is 0 Å². The molecule has 0 radical (unpaired) electrons. The van der Waals surface area contributed by atoms with Gasteiger partial charge in [0.15, 0.2) is 17.3 Å². The summed E-state index contributed by atoms with van der Waals surface area (Å²) in [5, 5.41) is 10.8. The number of aryl methyl sites for hydroxylation is 1. The second-order valence-corrected chi connectivity index (χ2v) is 8.61. The third-order valence-electron chi connectivity index (χ3n) is 6.86. The molecule has 0 saturated heterocycles. The van der Waals surface area contributed by atoms with Crippen LogP contribution in [0.3, 0.4) is 0 Å². The Hall–Kier alpha value is -4.43. The quantitative estimate of drug-likeness (QED) is 0.389. The maximum atomic E-state index is 14.1. The van der Waals surface area contributed by atoms with Crippen LogP contribution in [0.1, 0.15) is 21.7 Å². The standard InChI is InChI=1S/C28H23N3O5/c1-35-21-12-11-18-23-25(16-7-3-4-8-17(16)26(23)33)31(28(34)24(18)27(21)36-2)14-13-30-20-10-6-5-9-19(20)29-22(30)15-32/h3-12,32H,13-15H2,1-2H3. The van der Waals surface area contributed by atoms with Crippen molar-refractivity contribution in [2.45, 2.75) is 19.7 Å². The SMILES string of the molecule is COc1ccc2c3c(n(CCn4c(CO)nc5ccccc54)c(=O)c2c1OC)-c1ccccc1C3=O. The zero-order valence-electron chi connectivity index (χ0n) is 19.8. The second kappa shape index (κ2) is 8.35. The Labute approximate surface area is 206 Å². The Bertz CT molecular complexity index is 1750. The first-order chi connectivity index (χ1) is 17.6. The summed E-state index contributed by atoms with van der Waals surface area (Å²) in [5.41, 5.74) is 3.71. The molecular weight excluding hydrogens is 458 g/mol. The molecule has 0 aliphatic heterocycles. The van der Waals surface area contributed by atoms with Gasteiger partial charge in [0, 0.05) is 29.6 Å². The molecule has 3 aromatic carbocycles. The van der Waals surface area contributed by atoms with E-state index in [1.807, 2.05) is 47.0 Å². The minimum Gasteiger partial charge on any atom is -0.493 e. The topological polar surface area (TPSA) is 95.6 Å². The number of carbonyl (C=O) groups excluding carboxylic acids is 1. The summed E-state index contributed by atoms with van der Waals surface area (Å²) in [6, 6.07) is 18.4. The number of nitrogens with zero attached hydrogens (tertiary/aromatic N) is 3. The van der Waals surface area contributed by atoms with Gasteiger partial charge in [-0.05, 0) is 24.3 Å². The molecule has 8 nitrogen and oxygen atoms in total. The van der Waals surface area contributed by atoms with Crippen molar-refractivity contribution in [3.05, 3.63) is 88.0 Å². The maximum absolute atomic E-state index is 14.1. The van der Waals surface area contributed by atoms with E-state index >= 15 is 0 Å². The second-order valence-electron chi connectivity index (χ2n) is 8.61. The number of aliphatic hydroxyl groups is 1. The molecule has 36 heavy (non-hydrogen) atoms. The average molecular weight is 482 g/mol. The number of methoxy groups -OCH3 is 2. The predicted molar refractivity (Wildman–Crippen MR) is 136 cm³/mol. The van der Waals surface area contributed by atoms with Gasteiger partial charge in [-0.25, -0.2) is 4.98 Å². The van der Waals surface area contributed by atoms with Gasteiger partial charge >= 0.3 is 0 Å². The fourth-order valence-corrected chi connectivity index (χ4v) is 5.29. The summed E-state index contributed by atoms with van der Waals surface area (Å²) in [5.74, 6) is 1.09. The van der Waals surface area contributed by atoms with Crippen molar-refractivity contribution in [3.8, 4) is 22.8 Å². The first-order valence-electron chi connectivity index (χ1n) is 11.6. The number of rotatable bonds is 6. The lowest BCUT2D eigenvalue weighted by molar-refractivity contribution is 0.104. The molecule has 0 atom stereocenters. The predicted octanol–water partition coefficient (Wildman–Crippen LogP) is 3.77. The zero-order chi connectivity index (χ0) is 25.0. The number of fused-ring (bicyclic) bond motifs is 6. The highest BCUT2D eigenvalue weighted by Crippen LogP contribution is 2.43. The minimum atomic E-state index is -0.279. The molecule has 2 aromatic heterocycles. The van der Waals surface area contributed by atoms with Gasteiger partial charge in [-0.15, -0.1) is 0 Å². The van der Waals surface area contributed by atoms with E-state index in [0.29, 0.717) is 51.5 Å². The van der Waals surface area contributed by atoms with E-state index in [0.717, 1.165) is 16.6 Å². The van der Waals surface area contributed by atoms with Crippen molar-refractivity contribution < 1.29 is 19.4 Å². The normalized spacial score (nSPS) is 12.2. The summed E-state index contributed by atoms with van der Waals surface area (Å²) in [7, 11) is 2.99. The Morgan fingerprint density at radius 1 is 0.861 bits per heavy atom. The average Bonchev–Trinajstić information content (AvgIpc) is 3.43. The fraction of sp³-hybridized carbons (Fsp3) is 0.179. The van der Waals surface area contributed by atoms with Crippen LogP contribution >= 0.6 is 0 Å². The Kier molecular flexibility index (Phi) is 5.12. The van der Waals surface area contributed by atoms with Crippen molar-refractivity contribution in [1.82, 2.24) is 14.1 Å². The van der Waals surface area contributed by atoms with E-state index in [1.165, 1.54) is 14.2 Å². The van der Waals surface area contributed by atoms with Gasteiger partial charge in [0.05, 0.1) is 41.9 Å². The van der Waals surface area contributed by atoms with Crippen molar-refractivity contribution in [2.75, 3.05) is 14.2 Å². The highest BCUT2D eigenvalue weighted by atomic mass is 16.5. The van der Waals surface area contributed by atoms with E-state index in [9.17, 15) is 14.7 Å². The van der Waals surface area contributed by atoms with Crippen molar-refractivity contribution in [2.24, 2.45) is 0 Å². The Morgan fingerprint density at radius 2 is 1.58 bits per heavy atom. The van der Waals surface area contributed by atoms with Crippen molar-refractivity contribution in [3.63, 3.8) is 0 Å². The van der Waals surface area contributed by atoms with Crippen LogP contribution in [0.2, 0.25) is 0 Å². The number of para-hydroxylation sites is 2. The lowest BCUT2D eigenvalue weighted by Crippen LogP contribution is -2.26. The van der Waals surface area contributed by atoms with Gasteiger partial charge in [0.2, 0.25) is 0 Å². The Morgan fingerprint density at radius 3 is 2.33 bits per heavy atom. The van der Waals surface area contributed by atoms with E-state index in [2.05, 4.69) is 4.98 Å². The smallest absolute Gasteiger partial charge is 0.262 e. The Balaban J connectivity index is 1.62. The summed E-state index contributed by atoms with van der Waals surface area (Å²) >= 11 is 0. The third-order valence-corrected chi connectivity index (χ3v) is 6.86. The highest BCUT2D eigenvalue weighted by molar-refractivity contribution is 6.27. The minimum absolute atomic E-state index is 0.129.